The van der Waals surface area contributed by atoms with E-state index in [1.165, 1.54) is 4.88 Å². The fraction of sp³-hybridized carbons (Fsp3) is 0.333. The number of thiophene rings is 1. The van der Waals surface area contributed by atoms with Crippen molar-refractivity contribution in [2.45, 2.75) is 6.42 Å². The minimum absolute atomic E-state index is 0.590. The van der Waals surface area contributed by atoms with Crippen molar-refractivity contribution in [3.8, 4) is 0 Å². The third-order valence-corrected chi connectivity index (χ3v) is 2.85. The van der Waals surface area contributed by atoms with Crippen LogP contribution >= 0.6 is 27.3 Å². The number of nitrogens with two attached hydrogens (primary N) is 1. The molecule has 1 aromatic rings. The van der Waals surface area contributed by atoms with Crippen molar-refractivity contribution >= 4 is 27.3 Å². The third-order valence-electron chi connectivity index (χ3n) is 1.09. The summed E-state index contributed by atoms with van der Waals surface area (Å²) in [7, 11) is 0. The maximum Gasteiger partial charge on any atom is 0.0727 e. The van der Waals surface area contributed by atoms with E-state index in [1.54, 1.807) is 11.3 Å². The Kier molecular flexibility index (Phi) is 3.34. The van der Waals surface area contributed by atoms with Gasteiger partial charge in [-0.1, -0.05) is 0 Å². The van der Waals surface area contributed by atoms with Crippen molar-refractivity contribution in [1.29, 1.82) is 0 Å². The van der Waals surface area contributed by atoms with Gasteiger partial charge in [0.25, 0.3) is 0 Å². The van der Waals surface area contributed by atoms with Gasteiger partial charge in [0.2, 0.25) is 0 Å². The lowest BCUT2D eigenvalue weighted by molar-refractivity contribution is 0.141. The van der Waals surface area contributed by atoms with Crippen LogP contribution in [-0.2, 0) is 11.3 Å². The molecule has 2 N–H and O–H groups in total. The van der Waals surface area contributed by atoms with E-state index in [0.717, 1.165) is 10.9 Å². The Hall–Kier alpha value is 0.1000. The lowest BCUT2D eigenvalue weighted by Gasteiger charge is -1.92. The fourth-order valence-electron chi connectivity index (χ4n) is 0.644. The number of rotatable bonds is 3. The van der Waals surface area contributed by atoms with Crippen molar-refractivity contribution in [3.63, 3.8) is 0 Å². The molecule has 0 saturated heterocycles. The highest BCUT2D eigenvalue weighted by Crippen LogP contribution is 2.19. The van der Waals surface area contributed by atoms with Crippen molar-refractivity contribution in [3.05, 3.63) is 20.8 Å². The first kappa shape index (κ1) is 8.20. The van der Waals surface area contributed by atoms with Crippen LogP contribution in [0.1, 0.15) is 4.88 Å². The maximum absolute atomic E-state index is 4.88. The molecule has 0 aliphatic heterocycles. The van der Waals surface area contributed by atoms with E-state index < -0.39 is 0 Å². The fourth-order valence-corrected chi connectivity index (χ4v) is 2.08. The predicted octanol–water partition coefficient (Wildman–Crippen LogP) is 1.94. The summed E-state index contributed by atoms with van der Waals surface area (Å²) in [5, 5.41) is 2.05. The zero-order valence-corrected chi connectivity index (χ0v) is 7.74. The van der Waals surface area contributed by atoms with Gasteiger partial charge in [-0.2, -0.15) is 0 Å². The average Bonchev–Trinajstić information content (AvgIpc) is 2.31. The first-order valence-corrected chi connectivity index (χ1v) is 4.55. The van der Waals surface area contributed by atoms with E-state index in [9.17, 15) is 0 Å². The molecule has 0 aliphatic carbocycles. The summed E-state index contributed by atoms with van der Waals surface area (Å²) in [5.74, 6) is 4.88. The average molecular weight is 222 g/mol. The van der Waals surface area contributed by atoms with Crippen LogP contribution in [-0.4, -0.2) is 6.61 Å². The van der Waals surface area contributed by atoms with E-state index in [4.69, 9.17) is 5.90 Å². The summed E-state index contributed by atoms with van der Waals surface area (Å²) < 4.78 is 1.13. The zero-order valence-electron chi connectivity index (χ0n) is 5.34. The van der Waals surface area contributed by atoms with Crippen LogP contribution in [0.5, 0.6) is 0 Å². The standard InChI is InChI=1S/C6H8BrNOS/c7-5-3-6(10-4-5)1-2-9-8/h3-4H,1-2,8H2. The minimum atomic E-state index is 0.590. The number of hydrogen-bond donors (Lipinski definition) is 1. The molecule has 0 aromatic carbocycles. The lowest BCUT2D eigenvalue weighted by atomic mass is 10.4. The second kappa shape index (κ2) is 4.08. The predicted molar refractivity (Wildman–Crippen MR) is 45.9 cm³/mol. The Balaban J connectivity index is 2.42. The van der Waals surface area contributed by atoms with Crippen LogP contribution in [0.3, 0.4) is 0 Å². The summed E-state index contributed by atoms with van der Waals surface area (Å²) in [6.07, 6.45) is 0.896. The number of hydrogen-bond acceptors (Lipinski definition) is 3. The topological polar surface area (TPSA) is 35.2 Å². The Morgan fingerprint density at radius 1 is 1.70 bits per heavy atom. The summed E-state index contributed by atoms with van der Waals surface area (Å²) in [6.45, 7) is 0.590. The van der Waals surface area contributed by atoms with Crippen molar-refractivity contribution < 1.29 is 4.84 Å². The Bertz CT molecular complexity index is 201. The first-order chi connectivity index (χ1) is 4.83. The third kappa shape index (κ3) is 2.38. The van der Waals surface area contributed by atoms with E-state index in [0.29, 0.717) is 6.61 Å². The highest BCUT2D eigenvalue weighted by molar-refractivity contribution is 9.10. The molecule has 0 amide bonds. The SMILES string of the molecule is NOCCc1cc(Br)cs1. The van der Waals surface area contributed by atoms with Crippen LogP contribution in [0.2, 0.25) is 0 Å². The van der Waals surface area contributed by atoms with Crippen LogP contribution < -0.4 is 5.90 Å². The zero-order chi connectivity index (χ0) is 7.40. The van der Waals surface area contributed by atoms with Crippen molar-refractivity contribution in [2.75, 3.05) is 6.61 Å². The van der Waals surface area contributed by atoms with Gasteiger partial charge in [-0.25, -0.2) is 5.90 Å². The molecule has 1 rings (SSSR count). The maximum atomic E-state index is 4.88. The molecule has 0 fully saturated rings. The van der Waals surface area contributed by atoms with E-state index in [1.807, 2.05) is 5.38 Å². The summed E-state index contributed by atoms with van der Waals surface area (Å²) in [5.41, 5.74) is 0. The second-order valence-corrected chi connectivity index (χ2v) is 3.76. The van der Waals surface area contributed by atoms with Gasteiger partial charge in [0, 0.05) is 21.2 Å². The molecule has 4 heteroatoms. The van der Waals surface area contributed by atoms with Gasteiger partial charge in [-0.15, -0.1) is 11.3 Å². The van der Waals surface area contributed by atoms with Gasteiger partial charge in [-0.3, -0.25) is 0 Å². The highest BCUT2D eigenvalue weighted by atomic mass is 79.9. The van der Waals surface area contributed by atoms with Crippen LogP contribution in [0, 0.1) is 0 Å². The van der Waals surface area contributed by atoms with E-state index in [-0.39, 0.29) is 0 Å². The summed E-state index contributed by atoms with van der Waals surface area (Å²) >= 11 is 5.07. The van der Waals surface area contributed by atoms with Gasteiger partial charge in [0.15, 0.2) is 0 Å². The largest absolute Gasteiger partial charge is 0.304 e. The molecule has 0 atom stereocenters. The molecule has 0 spiro atoms. The molecule has 1 aromatic heterocycles. The van der Waals surface area contributed by atoms with E-state index >= 15 is 0 Å². The molecule has 0 bridgehead atoms. The summed E-state index contributed by atoms with van der Waals surface area (Å²) in [6, 6.07) is 2.07. The van der Waals surface area contributed by atoms with Gasteiger partial charge in [0.1, 0.15) is 0 Å². The Labute approximate surface area is 72.1 Å². The highest BCUT2D eigenvalue weighted by Gasteiger charge is 1.95. The smallest absolute Gasteiger partial charge is 0.0727 e. The molecule has 10 heavy (non-hydrogen) atoms. The number of halogens is 1. The van der Waals surface area contributed by atoms with Gasteiger partial charge in [0.05, 0.1) is 6.61 Å². The molecule has 56 valence electrons. The first-order valence-electron chi connectivity index (χ1n) is 2.87. The minimum Gasteiger partial charge on any atom is -0.304 e. The second-order valence-electron chi connectivity index (χ2n) is 1.85. The Morgan fingerprint density at radius 2 is 2.50 bits per heavy atom. The summed E-state index contributed by atoms with van der Waals surface area (Å²) in [4.78, 5) is 5.74. The van der Waals surface area contributed by atoms with Crippen LogP contribution in [0.15, 0.2) is 15.9 Å². The lowest BCUT2D eigenvalue weighted by Crippen LogP contribution is -2.02. The molecule has 1 heterocycles. The van der Waals surface area contributed by atoms with Gasteiger partial charge < -0.3 is 4.84 Å². The van der Waals surface area contributed by atoms with Crippen molar-refractivity contribution in [2.24, 2.45) is 5.90 Å². The molecular weight excluding hydrogens is 214 g/mol. The Morgan fingerprint density at radius 3 is 3.00 bits per heavy atom. The van der Waals surface area contributed by atoms with Crippen molar-refractivity contribution in [1.82, 2.24) is 0 Å². The molecule has 2 nitrogen and oxygen atoms in total. The molecule has 0 aliphatic rings. The normalized spacial score (nSPS) is 10.2. The van der Waals surface area contributed by atoms with Gasteiger partial charge >= 0.3 is 0 Å². The van der Waals surface area contributed by atoms with Gasteiger partial charge in [-0.05, 0) is 22.0 Å². The molecule has 0 saturated carbocycles. The van der Waals surface area contributed by atoms with Crippen LogP contribution in [0.4, 0.5) is 0 Å². The quantitative estimate of drug-likeness (QED) is 0.793. The molecule has 0 radical (unpaired) electrons. The van der Waals surface area contributed by atoms with E-state index in [2.05, 4.69) is 26.8 Å². The molecule has 0 unspecified atom stereocenters. The van der Waals surface area contributed by atoms with Crippen LogP contribution in [0.25, 0.3) is 0 Å². The monoisotopic (exact) mass is 221 g/mol. The molecular formula is C6H8BrNOS.